The van der Waals surface area contributed by atoms with Gasteiger partial charge in [-0.25, -0.2) is 4.98 Å². The van der Waals surface area contributed by atoms with Gasteiger partial charge in [-0.3, -0.25) is 9.69 Å². The number of hydrogen-bond donors (Lipinski definition) is 0. The van der Waals surface area contributed by atoms with Crippen LogP contribution in [-0.2, 0) is 13.1 Å². The van der Waals surface area contributed by atoms with E-state index in [0.717, 1.165) is 56.2 Å². The first-order chi connectivity index (χ1) is 14.6. The minimum Gasteiger partial charge on any atom is -0.353 e. The zero-order chi connectivity index (χ0) is 20.7. The Bertz CT molecular complexity index is 1020. The van der Waals surface area contributed by atoms with Gasteiger partial charge in [0.15, 0.2) is 0 Å². The second-order valence-electron chi connectivity index (χ2n) is 8.49. The predicted octanol–water partition coefficient (Wildman–Crippen LogP) is 3.29. The molecular formula is C23H24ClN5O. The maximum absolute atomic E-state index is 12.7. The fourth-order valence-corrected chi connectivity index (χ4v) is 4.83. The number of aromatic nitrogens is 1. The lowest BCUT2D eigenvalue weighted by Crippen LogP contribution is -2.46. The van der Waals surface area contributed by atoms with Gasteiger partial charge >= 0.3 is 0 Å². The third-order valence-electron chi connectivity index (χ3n) is 6.25. The molecule has 2 aromatic rings. The quantitative estimate of drug-likeness (QED) is 0.741. The molecule has 1 aliphatic carbocycles. The highest BCUT2D eigenvalue weighted by Crippen LogP contribution is 2.36. The Kier molecular flexibility index (Phi) is 5.10. The van der Waals surface area contributed by atoms with Crippen LogP contribution in [0.1, 0.15) is 39.9 Å². The van der Waals surface area contributed by atoms with E-state index in [2.05, 4.69) is 26.9 Å². The largest absolute Gasteiger partial charge is 0.353 e. The maximum Gasteiger partial charge on any atom is 0.256 e. The number of nitrogens with zero attached hydrogens (tertiary/aromatic N) is 5. The fourth-order valence-electron chi connectivity index (χ4n) is 4.49. The zero-order valence-electron chi connectivity index (χ0n) is 16.9. The van der Waals surface area contributed by atoms with Crippen LogP contribution in [0.25, 0.3) is 0 Å². The van der Waals surface area contributed by atoms with E-state index in [-0.39, 0.29) is 5.91 Å². The highest BCUT2D eigenvalue weighted by Gasteiger charge is 2.34. The summed E-state index contributed by atoms with van der Waals surface area (Å²) in [5.41, 5.74) is 3.54. The second kappa shape index (κ2) is 7.90. The number of pyridine rings is 1. The molecule has 1 amide bonds. The van der Waals surface area contributed by atoms with Crippen molar-refractivity contribution in [1.29, 1.82) is 5.26 Å². The average Bonchev–Trinajstić information content (AvgIpc) is 3.51. The van der Waals surface area contributed by atoms with Crippen molar-refractivity contribution in [2.24, 2.45) is 5.92 Å². The predicted molar refractivity (Wildman–Crippen MR) is 115 cm³/mol. The van der Waals surface area contributed by atoms with E-state index >= 15 is 0 Å². The number of anilines is 1. The van der Waals surface area contributed by atoms with Crippen LogP contribution in [0.2, 0.25) is 5.02 Å². The molecule has 0 unspecified atom stereocenters. The van der Waals surface area contributed by atoms with Gasteiger partial charge in [-0.1, -0.05) is 17.7 Å². The van der Waals surface area contributed by atoms with Crippen LogP contribution < -0.4 is 4.90 Å². The van der Waals surface area contributed by atoms with Gasteiger partial charge in [-0.2, -0.15) is 5.26 Å². The molecule has 30 heavy (non-hydrogen) atoms. The SMILES string of the molecule is N#Cc1cccnc1N1CCN(Cc2cc(Cl)c3c(c2)CN(CC2CC2)C3=O)CC1. The summed E-state index contributed by atoms with van der Waals surface area (Å²) in [6.45, 7) is 5.80. The molecule has 1 aromatic heterocycles. The molecular weight excluding hydrogens is 398 g/mol. The van der Waals surface area contributed by atoms with E-state index in [1.807, 2.05) is 17.0 Å². The van der Waals surface area contributed by atoms with Gasteiger partial charge in [0.2, 0.25) is 0 Å². The van der Waals surface area contributed by atoms with E-state index in [9.17, 15) is 10.1 Å². The lowest BCUT2D eigenvalue weighted by Gasteiger charge is -2.35. The summed E-state index contributed by atoms with van der Waals surface area (Å²) in [6, 6.07) is 9.96. The lowest BCUT2D eigenvalue weighted by molar-refractivity contribution is 0.0771. The Labute approximate surface area is 181 Å². The number of nitriles is 1. The van der Waals surface area contributed by atoms with Gasteiger partial charge in [0, 0.05) is 52.0 Å². The summed E-state index contributed by atoms with van der Waals surface area (Å²) >= 11 is 6.53. The van der Waals surface area contributed by atoms with E-state index < -0.39 is 0 Å². The van der Waals surface area contributed by atoms with Crippen LogP contribution in [0.15, 0.2) is 30.5 Å². The molecule has 2 aliphatic heterocycles. The van der Waals surface area contributed by atoms with Crippen LogP contribution in [0.4, 0.5) is 5.82 Å². The maximum atomic E-state index is 12.7. The first-order valence-electron chi connectivity index (χ1n) is 10.6. The van der Waals surface area contributed by atoms with Gasteiger partial charge in [-0.05, 0) is 48.1 Å². The number of piperazine rings is 1. The Morgan fingerprint density at radius 1 is 1.20 bits per heavy atom. The number of carbonyl (C=O) groups excluding carboxylic acids is 1. The van der Waals surface area contributed by atoms with E-state index in [1.54, 1.807) is 12.3 Å². The van der Waals surface area contributed by atoms with Crippen molar-refractivity contribution in [2.75, 3.05) is 37.6 Å². The zero-order valence-corrected chi connectivity index (χ0v) is 17.6. The number of benzene rings is 1. The summed E-state index contributed by atoms with van der Waals surface area (Å²) < 4.78 is 0. The second-order valence-corrected chi connectivity index (χ2v) is 8.90. The first-order valence-corrected chi connectivity index (χ1v) is 10.9. The third-order valence-corrected chi connectivity index (χ3v) is 6.55. The summed E-state index contributed by atoms with van der Waals surface area (Å²) in [4.78, 5) is 23.6. The number of fused-ring (bicyclic) bond motifs is 1. The molecule has 0 bridgehead atoms. The number of amides is 1. The lowest BCUT2D eigenvalue weighted by atomic mass is 10.1. The molecule has 0 radical (unpaired) electrons. The molecule has 3 heterocycles. The topological polar surface area (TPSA) is 63.5 Å². The minimum atomic E-state index is 0.0886. The molecule has 154 valence electrons. The Hall–Kier alpha value is -2.62. The van der Waals surface area contributed by atoms with Gasteiger partial charge in [-0.15, -0.1) is 0 Å². The monoisotopic (exact) mass is 421 g/mol. The molecule has 0 N–H and O–H groups in total. The highest BCUT2D eigenvalue weighted by atomic mass is 35.5. The minimum absolute atomic E-state index is 0.0886. The number of halogens is 1. The van der Waals surface area contributed by atoms with Crippen molar-refractivity contribution in [3.05, 3.63) is 57.7 Å². The number of rotatable bonds is 5. The van der Waals surface area contributed by atoms with Crippen molar-refractivity contribution in [1.82, 2.24) is 14.8 Å². The van der Waals surface area contributed by atoms with Crippen LogP contribution in [0, 0.1) is 17.2 Å². The summed E-state index contributed by atoms with van der Waals surface area (Å²) in [6.07, 6.45) is 4.21. The number of carbonyl (C=O) groups is 1. The van der Waals surface area contributed by atoms with Gasteiger partial charge in [0.05, 0.1) is 16.1 Å². The molecule has 1 aromatic carbocycles. The molecule has 2 fully saturated rings. The highest BCUT2D eigenvalue weighted by molar-refractivity contribution is 6.34. The average molecular weight is 422 g/mol. The van der Waals surface area contributed by atoms with E-state index in [0.29, 0.717) is 28.6 Å². The normalized spacial score (nSPS) is 19.1. The summed E-state index contributed by atoms with van der Waals surface area (Å²) in [5.74, 6) is 1.54. The first kappa shape index (κ1) is 19.3. The van der Waals surface area contributed by atoms with Crippen LogP contribution in [-0.4, -0.2) is 53.4 Å². The summed E-state index contributed by atoms with van der Waals surface area (Å²) in [5, 5.41) is 9.90. The fraction of sp³-hybridized carbons (Fsp3) is 0.435. The van der Waals surface area contributed by atoms with E-state index in [1.165, 1.54) is 12.8 Å². The molecule has 3 aliphatic rings. The molecule has 6 nitrogen and oxygen atoms in total. The van der Waals surface area contributed by atoms with Crippen molar-refractivity contribution in [3.63, 3.8) is 0 Å². The van der Waals surface area contributed by atoms with Crippen molar-refractivity contribution in [2.45, 2.75) is 25.9 Å². The van der Waals surface area contributed by atoms with Crippen molar-refractivity contribution < 1.29 is 4.79 Å². The van der Waals surface area contributed by atoms with E-state index in [4.69, 9.17) is 11.6 Å². The van der Waals surface area contributed by atoms with Crippen molar-refractivity contribution in [3.8, 4) is 6.07 Å². The molecule has 5 rings (SSSR count). The van der Waals surface area contributed by atoms with Crippen LogP contribution >= 0.6 is 11.6 Å². The molecule has 0 spiro atoms. The van der Waals surface area contributed by atoms with Gasteiger partial charge < -0.3 is 9.80 Å². The number of hydrogen-bond acceptors (Lipinski definition) is 5. The standard InChI is InChI=1S/C23H24ClN5O/c24-20-11-17(10-19-15-29(14-16-3-4-16)23(30)21(19)20)13-27-6-8-28(9-7-27)22-18(12-25)2-1-5-26-22/h1-2,5,10-11,16H,3-4,6-9,13-15H2. The molecule has 7 heteroatoms. The van der Waals surface area contributed by atoms with Gasteiger partial charge in [0.1, 0.15) is 11.9 Å². The molecule has 1 saturated heterocycles. The molecule has 0 atom stereocenters. The molecule has 1 saturated carbocycles. The smallest absolute Gasteiger partial charge is 0.256 e. The Balaban J connectivity index is 1.24. The third kappa shape index (κ3) is 3.76. The van der Waals surface area contributed by atoms with Crippen molar-refractivity contribution >= 4 is 23.3 Å². The van der Waals surface area contributed by atoms with Crippen LogP contribution in [0.3, 0.4) is 0 Å². The Morgan fingerprint density at radius 2 is 2.00 bits per heavy atom. The summed E-state index contributed by atoms with van der Waals surface area (Å²) in [7, 11) is 0. The van der Waals surface area contributed by atoms with Crippen LogP contribution in [0.5, 0.6) is 0 Å². The Morgan fingerprint density at radius 3 is 2.73 bits per heavy atom. The van der Waals surface area contributed by atoms with Gasteiger partial charge in [0.25, 0.3) is 5.91 Å².